The number of thioether (sulfide) groups is 1. The van der Waals surface area contributed by atoms with E-state index in [0.29, 0.717) is 0 Å². The molecule has 2 unspecified atom stereocenters. The van der Waals surface area contributed by atoms with Crippen LogP contribution in [-0.2, 0) is 11.2 Å². The van der Waals surface area contributed by atoms with Crippen molar-refractivity contribution >= 4 is 27.7 Å². The number of hydrogen-bond donors (Lipinski definition) is 2. The first-order chi connectivity index (χ1) is 8.29. The Labute approximate surface area is 115 Å². The molecule has 0 saturated carbocycles. The zero-order valence-corrected chi connectivity index (χ0v) is 12.0. The van der Waals surface area contributed by atoms with E-state index in [2.05, 4.69) is 45.6 Å². The van der Waals surface area contributed by atoms with Gasteiger partial charge >= 0.3 is 0 Å². The lowest BCUT2D eigenvalue weighted by atomic mass is 10.0. The van der Waals surface area contributed by atoms with Crippen LogP contribution in [0.5, 0.6) is 0 Å². The Morgan fingerprint density at radius 3 is 2.82 bits per heavy atom. The average Bonchev–Trinajstić information content (AvgIpc) is 2.39. The highest BCUT2D eigenvalue weighted by atomic mass is 79.9. The molecule has 17 heavy (non-hydrogen) atoms. The zero-order valence-electron chi connectivity index (χ0n) is 9.56. The average molecular weight is 317 g/mol. The van der Waals surface area contributed by atoms with Crippen LogP contribution in [0.15, 0.2) is 28.7 Å². The molecular formula is C12H17BrN2OS. The van der Waals surface area contributed by atoms with Crippen LogP contribution in [-0.4, -0.2) is 30.3 Å². The van der Waals surface area contributed by atoms with E-state index in [1.807, 2.05) is 11.8 Å². The summed E-state index contributed by atoms with van der Waals surface area (Å²) in [6.45, 7) is 0.827. The summed E-state index contributed by atoms with van der Waals surface area (Å²) in [5.74, 6) is 7.74. The Kier molecular flexibility index (Phi) is 5.31. The lowest BCUT2D eigenvalue weighted by Gasteiger charge is -2.29. The molecule has 0 bridgehead atoms. The van der Waals surface area contributed by atoms with E-state index in [1.54, 1.807) is 0 Å². The minimum Gasteiger partial charge on any atom is -0.375 e. The summed E-state index contributed by atoms with van der Waals surface area (Å²) in [5.41, 5.74) is 4.16. The summed E-state index contributed by atoms with van der Waals surface area (Å²) in [7, 11) is 0. The van der Waals surface area contributed by atoms with Crippen molar-refractivity contribution in [3.8, 4) is 0 Å². The smallest absolute Gasteiger partial charge is 0.0835 e. The molecular weight excluding hydrogens is 300 g/mol. The quantitative estimate of drug-likeness (QED) is 0.658. The molecule has 1 aliphatic rings. The van der Waals surface area contributed by atoms with Gasteiger partial charge in [0.25, 0.3) is 0 Å². The molecule has 3 nitrogen and oxygen atoms in total. The number of hydrogen-bond acceptors (Lipinski definition) is 4. The third-order valence-electron chi connectivity index (χ3n) is 2.87. The van der Waals surface area contributed by atoms with Gasteiger partial charge in [-0.05, 0) is 24.1 Å². The predicted molar refractivity (Wildman–Crippen MR) is 76.0 cm³/mol. The van der Waals surface area contributed by atoms with Gasteiger partial charge in [0.15, 0.2) is 0 Å². The van der Waals surface area contributed by atoms with Crippen molar-refractivity contribution in [2.75, 3.05) is 18.1 Å². The van der Waals surface area contributed by atoms with Gasteiger partial charge in [-0.15, -0.1) is 0 Å². The Morgan fingerprint density at radius 1 is 1.47 bits per heavy atom. The topological polar surface area (TPSA) is 47.3 Å². The zero-order chi connectivity index (χ0) is 12.1. The molecule has 1 aromatic carbocycles. The highest BCUT2D eigenvalue weighted by Gasteiger charge is 2.24. The molecule has 1 aromatic rings. The SMILES string of the molecule is NNC(Cc1ccc(Br)cc1)C1CSCCO1. The van der Waals surface area contributed by atoms with Gasteiger partial charge in [0.1, 0.15) is 0 Å². The second-order valence-electron chi connectivity index (χ2n) is 4.09. The number of nitrogens with one attached hydrogen (secondary N) is 1. The first-order valence-electron chi connectivity index (χ1n) is 5.69. The maximum Gasteiger partial charge on any atom is 0.0835 e. The van der Waals surface area contributed by atoms with Crippen molar-refractivity contribution in [2.45, 2.75) is 18.6 Å². The fourth-order valence-corrected chi connectivity index (χ4v) is 3.12. The maximum absolute atomic E-state index is 5.75. The molecule has 1 heterocycles. The molecule has 2 atom stereocenters. The standard InChI is InChI=1S/C12H17BrN2OS/c13-10-3-1-9(2-4-10)7-11(15-14)12-8-17-6-5-16-12/h1-4,11-12,15H,5-8,14H2. The highest BCUT2D eigenvalue weighted by Crippen LogP contribution is 2.18. The second-order valence-corrected chi connectivity index (χ2v) is 6.15. The number of benzene rings is 1. The fourth-order valence-electron chi connectivity index (χ4n) is 1.91. The van der Waals surface area contributed by atoms with Crippen LogP contribution in [0.25, 0.3) is 0 Å². The van der Waals surface area contributed by atoms with Gasteiger partial charge in [-0.1, -0.05) is 28.1 Å². The summed E-state index contributed by atoms with van der Waals surface area (Å²) in [6, 6.07) is 8.53. The van der Waals surface area contributed by atoms with Crippen LogP contribution < -0.4 is 11.3 Å². The van der Waals surface area contributed by atoms with Crippen LogP contribution in [0.3, 0.4) is 0 Å². The van der Waals surface area contributed by atoms with Crippen LogP contribution in [0.1, 0.15) is 5.56 Å². The molecule has 5 heteroatoms. The molecule has 0 aromatic heterocycles. The van der Waals surface area contributed by atoms with E-state index < -0.39 is 0 Å². The van der Waals surface area contributed by atoms with Crippen molar-refractivity contribution in [1.29, 1.82) is 0 Å². The number of nitrogens with two attached hydrogens (primary N) is 1. The summed E-state index contributed by atoms with van der Waals surface area (Å²) in [6.07, 6.45) is 1.11. The van der Waals surface area contributed by atoms with Crippen LogP contribution in [0.2, 0.25) is 0 Å². The number of hydrazine groups is 1. The molecule has 2 rings (SSSR count). The van der Waals surface area contributed by atoms with Crippen LogP contribution >= 0.6 is 27.7 Å². The van der Waals surface area contributed by atoms with Crippen molar-refractivity contribution in [3.05, 3.63) is 34.3 Å². The largest absolute Gasteiger partial charge is 0.375 e. The van der Waals surface area contributed by atoms with Gasteiger partial charge in [0.05, 0.1) is 18.8 Å². The molecule has 3 N–H and O–H groups in total. The fraction of sp³-hybridized carbons (Fsp3) is 0.500. The van der Waals surface area contributed by atoms with E-state index in [0.717, 1.165) is 29.0 Å². The van der Waals surface area contributed by atoms with Crippen LogP contribution in [0, 0.1) is 0 Å². The minimum atomic E-state index is 0.184. The number of ether oxygens (including phenoxy) is 1. The van der Waals surface area contributed by atoms with Crippen molar-refractivity contribution < 1.29 is 4.74 Å². The monoisotopic (exact) mass is 316 g/mol. The highest BCUT2D eigenvalue weighted by molar-refractivity contribution is 9.10. The van der Waals surface area contributed by atoms with Crippen molar-refractivity contribution in [1.82, 2.24) is 5.43 Å². The Balaban J connectivity index is 1.96. The van der Waals surface area contributed by atoms with Crippen LogP contribution in [0.4, 0.5) is 0 Å². The van der Waals surface area contributed by atoms with E-state index in [9.17, 15) is 0 Å². The lowest BCUT2D eigenvalue weighted by molar-refractivity contribution is 0.0472. The second kappa shape index (κ2) is 6.75. The predicted octanol–water partition coefficient (Wildman–Crippen LogP) is 1.96. The van der Waals surface area contributed by atoms with E-state index in [-0.39, 0.29) is 12.1 Å². The Hall–Kier alpha value is -0.0700. The van der Waals surface area contributed by atoms with Gasteiger partial charge in [-0.2, -0.15) is 11.8 Å². The van der Waals surface area contributed by atoms with Gasteiger partial charge in [-0.3, -0.25) is 11.3 Å². The van der Waals surface area contributed by atoms with Gasteiger partial charge < -0.3 is 4.74 Å². The molecule has 94 valence electrons. The van der Waals surface area contributed by atoms with Crippen molar-refractivity contribution in [3.63, 3.8) is 0 Å². The summed E-state index contributed by atoms with van der Waals surface area (Å²) in [5, 5.41) is 0. The Bertz CT molecular complexity index is 341. The molecule has 1 fully saturated rings. The third kappa shape index (κ3) is 3.96. The summed E-state index contributed by atoms with van der Waals surface area (Å²) in [4.78, 5) is 0. The van der Waals surface area contributed by atoms with Gasteiger partial charge in [0, 0.05) is 16.0 Å². The van der Waals surface area contributed by atoms with Crippen molar-refractivity contribution in [2.24, 2.45) is 5.84 Å². The summed E-state index contributed by atoms with van der Waals surface area (Å²) >= 11 is 5.37. The molecule has 1 saturated heterocycles. The Morgan fingerprint density at radius 2 is 2.24 bits per heavy atom. The lowest BCUT2D eigenvalue weighted by Crippen LogP contribution is -2.49. The third-order valence-corrected chi connectivity index (χ3v) is 4.42. The molecule has 0 spiro atoms. The van der Waals surface area contributed by atoms with E-state index >= 15 is 0 Å². The maximum atomic E-state index is 5.75. The van der Waals surface area contributed by atoms with E-state index in [4.69, 9.17) is 10.6 Å². The first-order valence-corrected chi connectivity index (χ1v) is 7.64. The molecule has 0 amide bonds. The minimum absolute atomic E-state index is 0.184. The number of halogens is 1. The molecule has 0 radical (unpaired) electrons. The van der Waals surface area contributed by atoms with Gasteiger partial charge in [0.2, 0.25) is 0 Å². The van der Waals surface area contributed by atoms with E-state index in [1.165, 1.54) is 5.56 Å². The number of rotatable bonds is 4. The van der Waals surface area contributed by atoms with Gasteiger partial charge in [-0.25, -0.2) is 0 Å². The summed E-state index contributed by atoms with van der Waals surface area (Å²) < 4.78 is 6.85. The molecule has 0 aliphatic carbocycles. The normalized spacial score (nSPS) is 22.4. The first kappa shape index (κ1) is 13.4. The molecule has 1 aliphatic heterocycles.